The van der Waals surface area contributed by atoms with Gasteiger partial charge in [-0.25, -0.2) is 0 Å². The van der Waals surface area contributed by atoms with Gasteiger partial charge in [0.15, 0.2) is 5.60 Å². The van der Waals surface area contributed by atoms with Crippen LogP contribution < -0.4 is 0 Å². The van der Waals surface area contributed by atoms with Crippen molar-refractivity contribution in [2.75, 3.05) is 0 Å². The van der Waals surface area contributed by atoms with E-state index in [9.17, 15) is 9.90 Å². The number of carbonyl (C=O) groups is 1. The number of rotatable bonds is 0. The van der Waals surface area contributed by atoms with Crippen molar-refractivity contribution in [1.29, 1.82) is 0 Å². The van der Waals surface area contributed by atoms with Gasteiger partial charge >= 0.3 is 5.97 Å². The van der Waals surface area contributed by atoms with Gasteiger partial charge in [0.05, 0.1) is 17.6 Å². The number of fused-ring (bicyclic) bond motifs is 6. The molecule has 0 aromatic rings. The van der Waals surface area contributed by atoms with Gasteiger partial charge < -0.3 is 14.6 Å². The number of esters is 1. The number of aliphatic hydroxyl groups is 1. The third-order valence-corrected chi connectivity index (χ3v) is 14.2. The van der Waals surface area contributed by atoms with Gasteiger partial charge in [0.1, 0.15) is 6.10 Å². The Hall–Kier alpha value is -0.610. The first-order valence-corrected chi connectivity index (χ1v) is 14.3. The summed E-state index contributed by atoms with van der Waals surface area (Å²) in [4.78, 5) is 13.8. The molecule has 2 heterocycles. The summed E-state index contributed by atoms with van der Waals surface area (Å²) >= 11 is 0. The van der Waals surface area contributed by atoms with E-state index in [1.165, 1.54) is 0 Å². The summed E-state index contributed by atoms with van der Waals surface area (Å²) in [5.41, 5.74) is -0.373. The Kier molecular flexibility index (Phi) is 3.93. The zero-order chi connectivity index (χ0) is 24.3. The molecule has 0 unspecified atom stereocenters. The molecule has 2 saturated heterocycles. The second-order valence-corrected chi connectivity index (χ2v) is 16.0. The quantitative estimate of drug-likeness (QED) is 0.354. The number of ether oxygens (including phenoxy) is 2. The molecular formula is C30H46O4. The first-order chi connectivity index (χ1) is 15.7. The van der Waals surface area contributed by atoms with Crippen LogP contribution in [0.25, 0.3) is 0 Å². The number of carbonyl (C=O) groups excluding carboxylic acids is 1. The standard InChI is InChI=1S/C30H46O4/c1-24(2)12-14-29-15-13-28(7)27(6)11-8-17-25(3,4)19(31)9-10-26(17,5)21(27)20-22(33-20)30(28,18(29)16-24)34-23(29)32/h17-22,31H,8-16H2,1-7H3/t17-,18+,19+,20-,21+,22-,26-,27+,28-,29-,30+/m0/s1. The first-order valence-electron chi connectivity index (χ1n) is 14.3. The predicted molar refractivity (Wildman–Crippen MR) is 130 cm³/mol. The molecule has 190 valence electrons. The van der Waals surface area contributed by atoms with E-state index >= 15 is 0 Å². The fourth-order valence-electron chi connectivity index (χ4n) is 12.1. The van der Waals surface area contributed by atoms with Crippen LogP contribution in [0, 0.1) is 50.2 Å². The lowest BCUT2D eigenvalue weighted by molar-refractivity contribution is -0.274. The highest BCUT2D eigenvalue weighted by molar-refractivity contribution is 5.82. The van der Waals surface area contributed by atoms with Crippen molar-refractivity contribution < 1.29 is 19.4 Å². The monoisotopic (exact) mass is 470 g/mol. The van der Waals surface area contributed by atoms with Crippen molar-refractivity contribution in [2.45, 2.75) is 130 Å². The Morgan fingerprint density at radius 3 is 2.29 bits per heavy atom. The minimum absolute atomic E-state index is 0.0612. The molecule has 34 heavy (non-hydrogen) atoms. The summed E-state index contributed by atoms with van der Waals surface area (Å²) in [5, 5.41) is 11.0. The molecule has 0 aromatic carbocycles. The van der Waals surface area contributed by atoms with Gasteiger partial charge in [0, 0.05) is 11.3 Å². The van der Waals surface area contributed by atoms with E-state index in [0.717, 1.165) is 57.8 Å². The maximum atomic E-state index is 13.8. The largest absolute Gasteiger partial charge is 0.455 e. The first kappa shape index (κ1) is 22.6. The van der Waals surface area contributed by atoms with Gasteiger partial charge in [-0.05, 0) is 91.3 Å². The zero-order valence-electron chi connectivity index (χ0n) is 22.5. The zero-order valence-corrected chi connectivity index (χ0v) is 22.5. The highest BCUT2D eigenvalue weighted by Gasteiger charge is 2.89. The lowest BCUT2D eigenvalue weighted by Crippen LogP contribution is -2.74. The van der Waals surface area contributed by atoms with Crippen molar-refractivity contribution >= 4 is 5.97 Å². The SMILES string of the molecule is CC1(C)CC[C@@]23CC[C@]4(C)[C@@](OC2=O)([C@@H]3C1)[C@H]1O[C@H]1[C@@H]1[C@@]2(C)CC[C@@H](O)C(C)(C)[C@@H]2CC[C@]14C. The Labute approximate surface area is 205 Å². The van der Waals surface area contributed by atoms with Crippen molar-refractivity contribution in [1.82, 2.24) is 0 Å². The molecule has 11 atom stereocenters. The van der Waals surface area contributed by atoms with E-state index < -0.39 is 5.60 Å². The second-order valence-electron chi connectivity index (χ2n) is 16.0. The number of epoxide rings is 1. The minimum atomic E-state index is -0.456. The Morgan fingerprint density at radius 1 is 0.853 bits per heavy atom. The van der Waals surface area contributed by atoms with Crippen molar-refractivity contribution in [3.8, 4) is 0 Å². The summed E-state index contributed by atoms with van der Waals surface area (Å²) in [6, 6.07) is 0. The lowest BCUT2D eigenvalue weighted by atomic mass is 9.31. The predicted octanol–water partition coefficient (Wildman–Crippen LogP) is 5.90. The second kappa shape index (κ2) is 5.93. The van der Waals surface area contributed by atoms with Crippen LogP contribution in [0.4, 0.5) is 0 Å². The van der Waals surface area contributed by atoms with Crippen LogP contribution in [-0.2, 0) is 14.3 Å². The molecule has 2 bridgehead atoms. The van der Waals surface area contributed by atoms with Gasteiger partial charge in [-0.15, -0.1) is 0 Å². The van der Waals surface area contributed by atoms with Crippen molar-refractivity contribution in [3.05, 3.63) is 0 Å². The highest BCUT2D eigenvalue weighted by atomic mass is 16.6. The lowest BCUT2D eigenvalue weighted by Gasteiger charge is -2.72. The molecule has 5 aliphatic carbocycles. The van der Waals surface area contributed by atoms with Crippen LogP contribution in [0.15, 0.2) is 0 Å². The van der Waals surface area contributed by atoms with E-state index in [4.69, 9.17) is 9.47 Å². The number of hydrogen-bond donors (Lipinski definition) is 1. The minimum Gasteiger partial charge on any atom is -0.455 e. The third-order valence-electron chi connectivity index (χ3n) is 14.2. The summed E-state index contributed by atoms with van der Waals surface area (Å²) in [6.07, 6.45) is 9.60. The molecule has 5 saturated carbocycles. The van der Waals surface area contributed by atoms with Crippen molar-refractivity contribution in [2.24, 2.45) is 50.2 Å². The van der Waals surface area contributed by atoms with Gasteiger partial charge in [-0.1, -0.05) is 48.5 Å². The van der Waals surface area contributed by atoms with Gasteiger partial charge in [-0.3, -0.25) is 4.79 Å². The fraction of sp³-hybridized carbons (Fsp3) is 0.967. The van der Waals surface area contributed by atoms with Gasteiger partial charge in [-0.2, -0.15) is 0 Å². The molecule has 2 aliphatic heterocycles. The van der Waals surface area contributed by atoms with Crippen LogP contribution in [-0.4, -0.2) is 35.0 Å². The van der Waals surface area contributed by atoms with E-state index in [-0.39, 0.29) is 62.7 Å². The molecule has 4 nitrogen and oxygen atoms in total. The Morgan fingerprint density at radius 2 is 1.56 bits per heavy atom. The molecule has 0 radical (unpaired) electrons. The van der Waals surface area contributed by atoms with Crippen LogP contribution in [0.2, 0.25) is 0 Å². The molecule has 1 N–H and O–H groups in total. The molecule has 7 aliphatic rings. The van der Waals surface area contributed by atoms with Gasteiger partial charge in [0.2, 0.25) is 0 Å². The fourth-order valence-corrected chi connectivity index (χ4v) is 12.1. The Bertz CT molecular complexity index is 971. The molecule has 7 fully saturated rings. The average molecular weight is 471 g/mol. The van der Waals surface area contributed by atoms with E-state index in [2.05, 4.69) is 48.5 Å². The molecule has 7 rings (SSSR count). The van der Waals surface area contributed by atoms with Crippen molar-refractivity contribution in [3.63, 3.8) is 0 Å². The summed E-state index contributed by atoms with van der Waals surface area (Å²) < 4.78 is 13.6. The van der Waals surface area contributed by atoms with Gasteiger partial charge in [0.25, 0.3) is 0 Å². The highest BCUT2D eigenvalue weighted by Crippen LogP contribution is 2.83. The molecule has 4 heteroatoms. The van der Waals surface area contributed by atoms with Crippen LogP contribution in [0.3, 0.4) is 0 Å². The molecule has 1 spiro atoms. The summed E-state index contributed by atoms with van der Waals surface area (Å²) in [6.45, 7) is 17.0. The number of aliphatic hydroxyl groups excluding tert-OH is 1. The van der Waals surface area contributed by atoms with Crippen LogP contribution in [0.5, 0.6) is 0 Å². The Balaban J connectivity index is 1.38. The summed E-state index contributed by atoms with van der Waals surface area (Å²) in [7, 11) is 0. The average Bonchev–Trinajstić information content (AvgIpc) is 3.49. The van der Waals surface area contributed by atoms with E-state index in [0.29, 0.717) is 11.8 Å². The molecule has 0 amide bonds. The summed E-state index contributed by atoms with van der Waals surface area (Å²) in [5.74, 6) is 1.37. The maximum Gasteiger partial charge on any atom is 0.313 e. The van der Waals surface area contributed by atoms with Crippen LogP contribution >= 0.6 is 0 Å². The van der Waals surface area contributed by atoms with E-state index in [1.54, 1.807) is 0 Å². The smallest absolute Gasteiger partial charge is 0.313 e. The normalized spacial score (nSPS) is 62.3. The molecule has 0 aromatic heterocycles. The topological polar surface area (TPSA) is 59.1 Å². The van der Waals surface area contributed by atoms with Crippen LogP contribution in [0.1, 0.15) is 106 Å². The van der Waals surface area contributed by atoms with E-state index in [1.807, 2.05) is 0 Å². The maximum absolute atomic E-state index is 13.8. The molecular weight excluding hydrogens is 424 g/mol. The third kappa shape index (κ3) is 2.10. The number of hydrogen-bond acceptors (Lipinski definition) is 4.